The summed E-state index contributed by atoms with van der Waals surface area (Å²) in [7, 11) is 0. The molecule has 0 unspecified atom stereocenters. The Kier molecular flexibility index (Phi) is 10.5. The number of aromatic nitrogens is 2. The normalized spacial score (nSPS) is 11.3. The highest BCUT2D eigenvalue weighted by Crippen LogP contribution is 2.36. The summed E-state index contributed by atoms with van der Waals surface area (Å²) in [5.74, 6) is -0.247. The maximum absolute atomic E-state index is 13.2. The lowest BCUT2D eigenvalue weighted by Gasteiger charge is -2.10. The number of ether oxygens (including phenoxy) is 2. The lowest BCUT2D eigenvalue weighted by molar-refractivity contribution is -0.137. The molecule has 4 rings (SSSR count). The maximum atomic E-state index is 13.2. The SMILES string of the molecule is C=CC(=O)Nc1ccc(C(=O)Nc2cc(N)cc(COC/C=C/CCOc3cccc(-c4[nH]ncc4C(F)(F)F)c3)c2)cc1. The summed E-state index contributed by atoms with van der Waals surface area (Å²) in [4.78, 5) is 24.1. The van der Waals surface area contributed by atoms with Gasteiger partial charge in [-0.1, -0.05) is 30.9 Å². The van der Waals surface area contributed by atoms with Gasteiger partial charge in [-0.2, -0.15) is 18.3 Å². The smallest absolute Gasteiger partial charge is 0.420 e. The van der Waals surface area contributed by atoms with Crippen molar-refractivity contribution in [3.8, 4) is 17.0 Å². The summed E-state index contributed by atoms with van der Waals surface area (Å²) < 4.78 is 50.9. The van der Waals surface area contributed by atoms with E-state index in [4.69, 9.17) is 15.2 Å². The van der Waals surface area contributed by atoms with Crippen LogP contribution in [0.25, 0.3) is 11.3 Å². The zero-order valence-electron chi connectivity index (χ0n) is 23.5. The summed E-state index contributed by atoms with van der Waals surface area (Å²) in [5.41, 5.74) is 8.07. The average molecular weight is 606 g/mol. The van der Waals surface area contributed by atoms with E-state index in [0.717, 1.165) is 17.8 Å². The number of nitrogen functional groups attached to an aromatic ring is 1. The quantitative estimate of drug-likeness (QED) is 0.0588. The maximum Gasteiger partial charge on any atom is 0.420 e. The van der Waals surface area contributed by atoms with Gasteiger partial charge in [-0.15, -0.1) is 0 Å². The van der Waals surface area contributed by atoms with E-state index in [9.17, 15) is 22.8 Å². The number of alkyl halides is 3. The number of nitrogens with zero attached hydrogens (tertiary/aromatic N) is 1. The van der Waals surface area contributed by atoms with Gasteiger partial charge in [0.25, 0.3) is 5.91 Å². The van der Waals surface area contributed by atoms with Crippen LogP contribution < -0.4 is 21.1 Å². The van der Waals surface area contributed by atoms with Crippen LogP contribution in [0.1, 0.15) is 27.9 Å². The second kappa shape index (κ2) is 14.7. The van der Waals surface area contributed by atoms with E-state index in [1.165, 1.54) is 6.07 Å². The second-order valence-corrected chi connectivity index (χ2v) is 9.50. The molecule has 0 aliphatic rings. The molecule has 12 heteroatoms. The van der Waals surface area contributed by atoms with Crippen LogP contribution in [-0.2, 0) is 22.3 Å². The van der Waals surface area contributed by atoms with Gasteiger partial charge in [0.05, 0.1) is 31.7 Å². The number of rotatable bonds is 13. The minimum absolute atomic E-state index is 0.114. The molecule has 0 aliphatic heterocycles. The van der Waals surface area contributed by atoms with Crippen molar-refractivity contribution in [3.05, 3.63) is 114 Å². The number of H-pyrrole nitrogens is 1. The van der Waals surface area contributed by atoms with Gasteiger partial charge in [0, 0.05) is 28.2 Å². The lowest BCUT2D eigenvalue weighted by Crippen LogP contribution is -2.13. The highest BCUT2D eigenvalue weighted by atomic mass is 19.4. The Balaban J connectivity index is 1.20. The largest absolute Gasteiger partial charge is 0.493 e. The molecule has 3 aromatic carbocycles. The molecule has 0 saturated heterocycles. The van der Waals surface area contributed by atoms with Crippen LogP contribution in [0.3, 0.4) is 0 Å². The van der Waals surface area contributed by atoms with E-state index in [0.29, 0.717) is 53.6 Å². The third-order valence-electron chi connectivity index (χ3n) is 6.14. The van der Waals surface area contributed by atoms with Crippen molar-refractivity contribution >= 4 is 28.9 Å². The number of nitrogens with one attached hydrogen (secondary N) is 3. The minimum atomic E-state index is -4.51. The van der Waals surface area contributed by atoms with Crippen molar-refractivity contribution in [1.82, 2.24) is 10.2 Å². The molecule has 1 heterocycles. The Morgan fingerprint density at radius 2 is 1.80 bits per heavy atom. The molecule has 0 spiro atoms. The number of hydrogen-bond donors (Lipinski definition) is 4. The predicted molar refractivity (Wildman–Crippen MR) is 162 cm³/mol. The average Bonchev–Trinajstić information content (AvgIpc) is 3.50. The van der Waals surface area contributed by atoms with E-state index >= 15 is 0 Å². The molecule has 1 aromatic heterocycles. The summed E-state index contributed by atoms with van der Waals surface area (Å²) >= 11 is 0. The van der Waals surface area contributed by atoms with Crippen molar-refractivity contribution in [2.75, 3.05) is 29.6 Å². The minimum Gasteiger partial charge on any atom is -0.493 e. The third-order valence-corrected chi connectivity index (χ3v) is 6.14. The first-order valence-electron chi connectivity index (χ1n) is 13.4. The zero-order chi connectivity index (χ0) is 31.5. The zero-order valence-corrected chi connectivity index (χ0v) is 23.5. The number of benzene rings is 3. The number of halogens is 3. The molecular formula is C32H30F3N5O4. The van der Waals surface area contributed by atoms with Gasteiger partial charge in [-0.25, -0.2) is 0 Å². The van der Waals surface area contributed by atoms with Crippen molar-refractivity contribution in [2.24, 2.45) is 0 Å². The van der Waals surface area contributed by atoms with Gasteiger partial charge in [-0.3, -0.25) is 14.7 Å². The first-order valence-corrected chi connectivity index (χ1v) is 13.4. The van der Waals surface area contributed by atoms with Crippen molar-refractivity contribution in [3.63, 3.8) is 0 Å². The van der Waals surface area contributed by atoms with Crippen LogP contribution in [0.2, 0.25) is 0 Å². The van der Waals surface area contributed by atoms with Crippen molar-refractivity contribution < 1.29 is 32.2 Å². The Labute approximate surface area is 251 Å². The summed E-state index contributed by atoms with van der Waals surface area (Å²) in [5, 5.41) is 11.4. The van der Waals surface area contributed by atoms with E-state index in [2.05, 4.69) is 27.4 Å². The highest BCUT2D eigenvalue weighted by molar-refractivity contribution is 6.05. The molecule has 5 N–H and O–H groups in total. The number of carbonyl (C=O) groups excluding carboxylic acids is 2. The molecule has 0 radical (unpaired) electrons. The lowest BCUT2D eigenvalue weighted by atomic mass is 10.1. The van der Waals surface area contributed by atoms with Crippen LogP contribution in [0.15, 0.2) is 97.7 Å². The number of anilines is 3. The first kappa shape index (κ1) is 31.6. The molecular weight excluding hydrogens is 575 g/mol. The Hall–Kier alpha value is -5.36. The van der Waals surface area contributed by atoms with Crippen LogP contribution >= 0.6 is 0 Å². The van der Waals surface area contributed by atoms with Crippen LogP contribution in [0, 0.1) is 0 Å². The molecule has 0 aliphatic carbocycles. The Bertz CT molecular complexity index is 1630. The summed E-state index contributed by atoms with van der Waals surface area (Å²) in [6.07, 6.45) is 1.66. The van der Waals surface area contributed by atoms with Crippen molar-refractivity contribution in [1.29, 1.82) is 0 Å². The van der Waals surface area contributed by atoms with Gasteiger partial charge in [0.1, 0.15) is 11.3 Å². The van der Waals surface area contributed by atoms with Crippen LogP contribution in [-0.4, -0.2) is 35.2 Å². The predicted octanol–water partition coefficient (Wildman–Crippen LogP) is 6.60. The van der Waals surface area contributed by atoms with Gasteiger partial charge in [-0.05, 0) is 72.7 Å². The number of amides is 2. The molecule has 4 aromatic rings. The van der Waals surface area contributed by atoms with E-state index < -0.39 is 11.7 Å². The fraction of sp³-hybridized carbons (Fsp3) is 0.156. The number of carbonyl (C=O) groups is 2. The molecule has 2 amide bonds. The summed E-state index contributed by atoms with van der Waals surface area (Å²) in [6.45, 7) is 4.29. The van der Waals surface area contributed by atoms with Gasteiger partial charge < -0.3 is 25.8 Å². The van der Waals surface area contributed by atoms with E-state index in [-0.39, 0.29) is 24.1 Å². The van der Waals surface area contributed by atoms with Gasteiger partial charge in [0.15, 0.2) is 0 Å². The van der Waals surface area contributed by atoms with Crippen LogP contribution in [0.4, 0.5) is 30.2 Å². The molecule has 0 fully saturated rings. The fourth-order valence-electron chi connectivity index (χ4n) is 4.11. The van der Waals surface area contributed by atoms with E-state index in [1.54, 1.807) is 60.7 Å². The third kappa shape index (κ3) is 9.07. The summed E-state index contributed by atoms with van der Waals surface area (Å²) in [6, 6.07) is 17.9. The Morgan fingerprint density at radius 3 is 2.55 bits per heavy atom. The van der Waals surface area contributed by atoms with E-state index in [1.807, 2.05) is 12.2 Å². The van der Waals surface area contributed by atoms with Gasteiger partial charge in [0.2, 0.25) is 5.91 Å². The van der Waals surface area contributed by atoms with Gasteiger partial charge >= 0.3 is 6.18 Å². The molecule has 0 bridgehead atoms. The number of hydrogen-bond acceptors (Lipinski definition) is 6. The molecule has 228 valence electrons. The monoisotopic (exact) mass is 605 g/mol. The number of nitrogens with two attached hydrogens (primary N) is 1. The molecule has 9 nitrogen and oxygen atoms in total. The Morgan fingerprint density at radius 1 is 1.00 bits per heavy atom. The fourth-order valence-corrected chi connectivity index (χ4v) is 4.11. The molecule has 0 saturated carbocycles. The molecule has 44 heavy (non-hydrogen) atoms. The number of aromatic amines is 1. The van der Waals surface area contributed by atoms with Crippen molar-refractivity contribution in [2.45, 2.75) is 19.2 Å². The second-order valence-electron chi connectivity index (χ2n) is 9.50. The topological polar surface area (TPSA) is 131 Å². The first-order chi connectivity index (χ1) is 21.1. The van der Waals surface area contributed by atoms with Crippen LogP contribution in [0.5, 0.6) is 5.75 Å². The molecule has 0 atom stereocenters. The highest BCUT2D eigenvalue weighted by Gasteiger charge is 2.35. The standard InChI is InChI=1S/C32H30F3N5O4/c1-2-29(41)38-25-11-9-22(10-12-25)31(42)39-26-16-21(15-24(36)18-26)20-43-13-4-3-5-14-44-27-8-6-7-23(17-27)30-28(19-37-40-30)32(33,34)35/h2-4,6-12,15-19H,1,5,13-14,20,36H2,(H,37,40)(H,38,41)(H,39,42)/b4-3+.